The fourth-order valence-corrected chi connectivity index (χ4v) is 1.45. The lowest BCUT2D eigenvalue weighted by Crippen LogP contribution is -1.91. The molecule has 1 aromatic carbocycles. The molecule has 0 aliphatic heterocycles. The van der Waals surface area contributed by atoms with Crippen LogP contribution in [0.4, 0.5) is 0 Å². The minimum Gasteiger partial charge on any atom is -0.440 e. The van der Waals surface area contributed by atoms with Gasteiger partial charge in [0.15, 0.2) is 5.30 Å². The van der Waals surface area contributed by atoms with Crippen LogP contribution in [0.2, 0.25) is 5.02 Å². The second kappa shape index (κ2) is 3.38. The molecule has 0 aromatic heterocycles. The van der Waals surface area contributed by atoms with E-state index in [0.29, 0.717) is 10.3 Å². The van der Waals surface area contributed by atoms with Crippen molar-refractivity contribution >= 4 is 36.2 Å². The SMILES string of the molecule is O=[P+]([S-])c1ccc(Cl)cc1. The molecule has 0 heterocycles. The van der Waals surface area contributed by atoms with E-state index in [1.54, 1.807) is 24.3 Å². The van der Waals surface area contributed by atoms with E-state index in [2.05, 4.69) is 12.2 Å². The highest BCUT2D eigenvalue weighted by molar-refractivity contribution is 8.30. The summed E-state index contributed by atoms with van der Waals surface area (Å²) in [5.41, 5.74) is 0. The second-order valence-electron chi connectivity index (χ2n) is 1.73. The first kappa shape index (κ1) is 8.06. The molecule has 0 amide bonds. The third kappa shape index (κ3) is 1.98. The van der Waals surface area contributed by atoms with Crippen LogP contribution in [0.5, 0.6) is 0 Å². The van der Waals surface area contributed by atoms with Crippen molar-refractivity contribution in [3.05, 3.63) is 29.3 Å². The summed E-state index contributed by atoms with van der Waals surface area (Å²) in [6.07, 6.45) is 0. The molecule has 52 valence electrons. The molecule has 1 aromatic rings. The van der Waals surface area contributed by atoms with Crippen LogP contribution in [0.1, 0.15) is 0 Å². The summed E-state index contributed by atoms with van der Waals surface area (Å²) in [5.74, 6) is 0. The Morgan fingerprint density at radius 1 is 1.30 bits per heavy atom. The molecular formula is C6H4ClOPS. The first-order valence-corrected chi connectivity index (χ1v) is 5.25. The molecule has 4 heteroatoms. The van der Waals surface area contributed by atoms with Crippen molar-refractivity contribution in [2.45, 2.75) is 0 Å². The highest BCUT2D eigenvalue weighted by Gasteiger charge is 2.01. The summed E-state index contributed by atoms with van der Waals surface area (Å²) in [4.78, 5) is 0. The Morgan fingerprint density at radius 2 is 1.80 bits per heavy atom. The Hall–Kier alpha value is -0.0400. The van der Waals surface area contributed by atoms with Crippen molar-refractivity contribution in [3.8, 4) is 0 Å². The van der Waals surface area contributed by atoms with Gasteiger partial charge in [-0.25, -0.2) is 0 Å². The molecule has 0 aliphatic rings. The molecule has 0 spiro atoms. The maximum absolute atomic E-state index is 10.7. The van der Waals surface area contributed by atoms with Crippen LogP contribution in [0.3, 0.4) is 0 Å². The minimum absolute atomic E-state index is 0.635. The number of benzene rings is 1. The van der Waals surface area contributed by atoms with Gasteiger partial charge in [0.1, 0.15) is 0 Å². The smallest absolute Gasteiger partial charge is 0.244 e. The van der Waals surface area contributed by atoms with Gasteiger partial charge in [-0.2, -0.15) is 0 Å². The standard InChI is InChI=1S/C6H4ClOPS/c7-5-1-3-6(4-2-5)9(8)10/h1-4H. The van der Waals surface area contributed by atoms with Gasteiger partial charge in [-0.05, 0) is 24.3 Å². The molecule has 1 rings (SSSR count). The van der Waals surface area contributed by atoms with Gasteiger partial charge in [-0.3, -0.25) is 0 Å². The minimum atomic E-state index is -1.63. The molecule has 0 aliphatic carbocycles. The molecule has 10 heavy (non-hydrogen) atoms. The summed E-state index contributed by atoms with van der Waals surface area (Å²) in [6, 6.07) is 6.70. The van der Waals surface area contributed by atoms with E-state index in [4.69, 9.17) is 11.6 Å². The molecule has 0 bridgehead atoms. The summed E-state index contributed by atoms with van der Waals surface area (Å²) in [7, 11) is -1.63. The fourth-order valence-electron chi connectivity index (χ4n) is 0.563. The van der Waals surface area contributed by atoms with Crippen molar-refractivity contribution in [1.29, 1.82) is 0 Å². The zero-order valence-electron chi connectivity index (χ0n) is 4.95. The lowest BCUT2D eigenvalue weighted by molar-refractivity contribution is 0.601. The quantitative estimate of drug-likeness (QED) is 0.499. The van der Waals surface area contributed by atoms with E-state index in [0.717, 1.165) is 0 Å². The lowest BCUT2D eigenvalue weighted by Gasteiger charge is -1.89. The van der Waals surface area contributed by atoms with Crippen LogP contribution in [0, 0.1) is 0 Å². The van der Waals surface area contributed by atoms with E-state index in [1.807, 2.05) is 0 Å². The molecule has 1 unspecified atom stereocenters. The summed E-state index contributed by atoms with van der Waals surface area (Å²) < 4.78 is 10.7. The van der Waals surface area contributed by atoms with Crippen molar-refractivity contribution in [2.24, 2.45) is 0 Å². The van der Waals surface area contributed by atoms with Gasteiger partial charge < -0.3 is 12.2 Å². The van der Waals surface area contributed by atoms with Gasteiger partial charge in [0.05, 0.1) is 0 Å². The highest BCUT2D eigenvalue weighted by Crippen LogP contribution is 2.16. The molecule has 0 saturated carbocycles. The predicted molar refractivity (Wildman–Crippen MR) is 46.1 cm³/mol. The molecule has 0 N–H and O–H groups in total. The normalized spacial score (nSPS) is 11.2. The Labute approximate surface area is 70.3 Å². The molecular weight excluding hydrogens is 187 g/mol. The maximum Gasteiger partial charge on any atom is 0.244 e. The van der Waals surface area contributed by atoms with E-state index >= 15 is 0 Å². The molecule has 1 nitrogen and oxygen atoms in total. The number of rotatable bonds is 1. The van der Waals surface area contributed by atoms with Crippen LogP contribution in [0.15, 0.2) is 24.3 Å². The summed E-state index contributed by atoms with van der Waals surface area (Å²) >= 11 is 10.1. The van der Waals surface area contributed by atoms with Crippen molar-refractivity contribution in [2.75, 3.05) is 0 Å². The lowest BCUT2D eigenvalue weighted by atomic mass is 10.4. The Balaban J connectivity index is 3.00. The van der Waals surface area contributed by atoms with Gasteiger partial charge in [0, 0.05) is 5.02 Å². The number of hydrogen-bond donors (Lipinski definition) is 0. The first-order chi connectivity index (χ1) is 4.70. The van der Waals surface area contributed by atoms with Crippen molar-refractivity contribution in [3.63, 3.8) is 0 Å². The van der Waals surface area contributed by atoms with E-state index < -0.39 is 7.00 Å². The summed E-state index contributed by atoms with van der Waals surface area (Å²) in [5, 5.41) is 1.30. The van der Waals surface area contributed by atoms with Gasteiger partial charge in [-0.1, -0.05) is 16.2 Å². The van der Waals surface area contributed by atoms with Crippen LogP contribution in [-0.4, -0.2) is 0 Å². The van der Waals surface area contributed by atoms with E-state index in [1.165, 1.54) is 0 Å². The Kier molecular flexibility index (Phi) is 2.72. The second-order valence-corrected chi connectivity index (χ2v) is 4.20. The van der Waals surface area contributed by atoms with Crippen LogP contribution in [-0.2, 0) is 16.8 Å². The highest BCUT2D eigenvalue weighted by atomic mass is 35.5. The van der Waals surface area contributed by atoms with Gasteiger partial charge in [0.2, 0.25) is 7.00 Å². The topological polar surface area (TPSA) is 17.1 Å². The number of hydrogen-bond acceptors (Lipinski definition) is 2. The average Bonchev–Trinajstić information content (AvgIpc) is 1.88. The predicted octanol–water partition coefficient (Wildman–Crippen LogP) is 2.25. The number of halogens is 1. The zero-order chi connectivity index (χ0) is 7.56. The average molecular weight is 191 g/mol. The molecule has 0 fully saturated rings. The van der Waals surface area contributed by atoms with Crippen LogP contribution < -0.4 is 5.30 Å². The van der Waals surface area contributed by atoms with Gasteiger partial charge in [-0.15, -0.1) is 0 Å². The largest absolute Gasteiger partial charge is 0.440 e. The van der Waals surface area contributed by atoms with Crippen molar-refractivity contribution in [1.82, 2.24) is 0 Å². The third-order valence-electron chi connectivity index (χ3n) is 1.04. The van der Waals surface area contributed by atoms with Gasteiger partial charge >= 0.3 is 0 Å². The molecule has 0 saturated heterocycles. The monoisotopic (exact) mass is 190 g/mol. The maximum atomic E-state index is 10.7. The molecule has 1 atom stereocenters. The van der Waals surface area contributed by atoms with Crippen molar-refractivity contribution < 1.29 is 4.57 Å². The first-order valence-electron chi connectivity index (χ1n) is 2.60. The summed E-state index contributed by atoms with van der Waals surface area (Å²) in [6.45, 7) is 0. The third-order valence-corrected chi connectivity index (χ3v) is 2.64. The van der Waals surface area contributed by atoms with E-state index in [9.17, 15) is 4.57 Å². The van der Waals surface area contributed by atoms with E-state index in [-0.39, 0.29) is 0 Å². The van der Waals surface area contributed by atoms with Crippen LogP contribution in [0.25, 0.3) is 0 Å². The van der Waals surface area contributed by atoms with Gasteiger partial charge in [0.25, 0.3) is 0 Å². The fraction of sp³-hybridized carbons (Fsp3) is 0. The Morgan fingerprint density at radius 3 is 2.20 bits per heavy atom. The Bertz CT molecular complexity index is 246. The molecule has 0 radical (unpaired) electrons. The zero-order valence-corrected chi connectivity index (χ0v) is 7.42. The van der Waals surface area contributed by atoms with Crippen LogP contribution >= 0.6 is 18.6 Å².